The highest BCUT2D eigenvalue weighted by molar-refractivity contribution is 5.72. The van der Waals surface area contributed by atoms with Gasteiger partial charge in [0.2, 0.25) is 0 Å². The second-order valence-electron chi connectivity index (χ2n) is 6.23. The van der Waals surface area contributed by atoms with Crippen LogP contribution < -0.4 is 0 Å². The summed E-state index contributed by atoms with van der Waals surface area (Å²) in [6, 6.07) is 4.92. The van der Waals surface area contributed by atoms with Crippen LogP contribution in [0.1, 0.15) is 73.6 Å². The molecule has 0 atom stereocenters. The van der Waals surface area contributed by atoms with Crippen molar-refractivity contribution in [2.75, 3.05) is 0 Å². The fourth-order valence-corrected chi connectivity index (χ4v) is 3.14. The van der Waals surface area contributed by atoms with Crippen LogP contribution in [-0.4, -0.2) is 0 Å². The van der Waals surface area contributed by atoms with Gasteiger partial charge in [0.25, 0.3) is 0 Å². The van der Waals surface area contributed by atoms with Crippen molar-refractivity contribution >= 4 is 5.57 Å². The number of hydrogen-bond donors (Lipinski definition) is 0. The first kappa shape index (κ1) is 12.0. The molecule has 1 aromatic carbocycles. The van der Waals surface area contributed by atoms with Crippen molar-refractivity contribution in [2.24, 2.45) is 0 Å². The quantitative estimate of drug-likeness (QED) is 0.637. The Bertz CT molecular complexity index is 495. The monoisotopic (exact) mass is 240 g/mol. The fourth-order valence-electron chi connectivity index (χ4n) is 3.14. The standard InChI is InChI=1S/C18H24/c1-12-10-17(14(3)15-6-4-7-15)18(11-13(12)2)16-8-5-9-16/h10-11,16H,4-9H2,1-3H3. The van der Waals surface area contributed by atoms with Crippen molar-refractivity contribution in [3.05, 3.63) is 40.0 Å². The lowest BCUT2D eigenvalue weighted by molar-refractivity contribution is 0.419. The van der Waals surface area contributed by atoms with Gasteiger partial charge in [0.05, 0.1) is 0 Å². The molecule has 18 heavy (non-hydrogen) atoms. The first-order chi connectivity index (χ1) is 8.66. The smallest absolute Gasteiger partial charge is 0.0156 e. The van der Waals surface area contributed by atoms with Gasteiger partial charge in [-0.15, -0.1) is 0 Å². The topological polar surface area (TPSA) is 0 Å². The molecule has 2 fully saturated rings. The van der Waals surface area contributed by atoms with Gasteiger partial charge in [0.1, 0.15) is 0 Å². The number of rotatable bonds is 2. The van der Waals surface area contributed by atoms with Gasteiger partial charge < -0.3 is 0 Å². The Morgan fingerprint density at radius 3 is 2.17 bits per heavy atom. The van der Waals surface area contributed by atoms with Gasteiger partial charge in [-0.1, -0.05) is 24.1 Å². The van der Waals surface area contributed by atoms with Crippen molar-refractivity contribution in [3.8, 4) is 0 Å². The van der Waals surface area contributed by atoms with Crippen LogP contribution in [0.2, 0.25) is 0 Å². The maximum atomic E-state index is 2.47. The third-order valence-electron chi connectivity index (χ3n) is 5.10. The van der Waals surface area contributed by atoms with Crippen molar-refractivity contribution in [2.45, 2.75) is 65.2 Å². The highest BCUT2D eigenvalue weighted by Crippen LogP contribution is 2.43. The third kappa shape index (κ3) is 1.92. The van der Waals surface area contributed by atoms with E-state index in [9.17, 15) is 0 Å². The summed E-state index contributed by atoms with van der Waals surface area (Å²) in [6.07, 6.45) is 8.30. The second-order valence-corrected chi connectivity index (χ2v) is 6.23. The van der Waals surface area contributed by atoms with Gasteiger partial charge in [-0.2, -0.15) is 0 Å². The van der Waals surface area contributed by atoms with Crippen molar-refractivity contribution in [1.29, 1.82) is 0 Å². The van der Waals surface area contributed by atoms with Crippen LogP contribution >= 0.6 is 0 Å². The molecule has 0 heteroatoms. The average molecular weight is 240 g/mol. The first-order valence-electron chi connectivity index (χ1n) is 7.47. The minimum Gasteiger partial charge on any atom is -0.0667 e. The van der Waals surface area contributed by atoms with Crippen LogP contribution in [0.4, 0.5) is 0 Å². The number of aryl methyl sites for hydroxylation is 2. The second kappa shape index (κ2) is 4.57. The van der Waals surface area contributed by atoms with E-state index in [1.54, 1.807) is 22.3 Å². The summed E-state index contributed by atoms with van der Waals surface area (Å²) in [5.41, 5.74) is 9.42. The molecule has 3 rings (SSSR count). The van der Waals surface area contributed by atoms with E-state index in [4.69, 9.17) is 0 Å². The Hall–Kier alpha value is -1.04. The zero-order valence-electron chi connectivity index (χ0n) is 12.0. The molecule has 0 saturated heterocycles. The van der Waals surface area contributed by atoms with E-state index in [1.165, 1.54) is 49.7 Å². The van der Waals surface area contributed by atoms with E-state index in [2.05, 4.69) is 32.9 Å². The first-order valence-corrected chi connectivity index (χ1v) is 7.47. The molecule has 0 heterocycles. The van der Waals surface area contributed by atoms with Crippen LogP contribution in [0.15, 0.2) is 17.7 Å². The summed E-state index contributed by atoms with van der Waals surface area (Å²) >= 11 is 0. The van der Waals surface area contributed by atoms with Crippen molar-refractivity contribution in [1.82, 2.24) is 0 Å². The van der Waals surface area contributed by atoms with Crippen molar-refractivity contribution < 1.29 is 0 Å². The highest BCUT2D eigenvalue weighted by atomic mass is 14.3. The lowest BCUT2D eigenvalue weighted by Gasteiger charge is -2.30. The zero-order chi connectivity index (χ0) is 12.7. The van der Waals surface area contributed by atoms with Gasteiger partial charge in [0.15, 0.2) is 0 Å². The molecule has 1 aromatic rings. The summed E-state index contributed by atoms with van der Waals surface area (Å²) in [6.45, 7) is 6.86. The maximum absolute atomic E-state index is 2.47. The van der Waals surface area contributed by atoms with Crippen LogP contribution in [-0.2, 0) is 0 Å². The molecule has 2 saturated carbocycles. The van der Waals surface area contributed by atoms with Gasteiger partial charge >= 0.3 is 0 Å². The van der Waals surface area contributed by atoms with Crippen LogP contribution in [0.5, 0.6) is 0 Å². The summed E-state index contributed by atoms with van der Waals surface area (Å²) in [7, 11) is 0. The van der Waals surface area contributed by atoms with Crippen molar-refractivity contribution in [3.63, 3.8) is 0 Å². The Labute approximate surface area is 111 Å². The lowest BCUT2D eigenvalue weighted by Crippen LogP contribution is -2.12. The van der Waals surface area contributed by atoms with Crippen LogP contribution in [0.25, 0.3) is 5.57 Å². The van der Waals surface area contributed by atoms with Crippen LogP contribution in [0.3, 0.4) is 0 Å². The molecule has 0 nitrogen and oxygen atoms in total. The van der Waals surface area contributed by atoms with Gasteiger partial charge in [-0.3, -0.25) is 0 Å². The molecular formula is C18H24. The molecule has 96 valence electrons. The Kier molecular flexibility index (Phi) is 3.05. The molecule has 0 unspecified atom stereocenters. The van der Waals surface area contributed by atoms with Gasteiger partial charge in [-0.05, 0) is 86.6 Å². The largest absolute Gasteiger partial charge is 0.0667 e. The number of hydrogen-bond acceptors (Lipinski definition) is 0. The molecule has 0 aromatic heterocycles. The average Bonchev–Trinajstić information content (AvgIpc) is 2.17. The Morgan fingerprint density at radius 1 is 1.00 bits per heavy atom. The third-order valence-corrected chi connectivity index (χ3v) is 5.10. The van der Waals surface area contributed by atoms with E-state index >= 15 is 0 Å². The molecule has 0 bridgehead atoms. The maximum Gasteiger partial charge on any atom is -0.0156 e. The zero-order valence-corrected chi connectivity index (χ0v) is 12.0. The van der Waals surface area contributed by atoms with E-state index in [0.717, 1.165) is 5.92 Å². The molecule has 0 radical (unpaired) electrons. The number of allylic oxidation sites excluding steroid dienone is 2. The predicted octanol–water partition coefficient (Wildman–Crippen LogP) is 5.53. The molecular weight excluding hydrogens is 216 g/mol. The minimum atomic E-state index is 0.843. The molecule has 2 aliphatic carbocycles. The summed E-state index contributed by atoms with van der Waals surface area (Å²) in [4.78, 5) is 0. The molecule has 0 amide bonds. The number of benzene rings is 1. The van der Waals surface area contributed by atoms with E-state index < -0.39 is 0 Å². The Balaban J connectivity index is 2.08. The summed E-state index contributed by atoms with van der Waals surface area (Å²) < 4.78 is 0. The van der Waals surface area contributed by atoms with E-state index in [0.29, 0.717) is 0 Å². The summed E-state index contributed by atoms with van der Waals surface area (Å²) in [5.74, 6) is 0.843. The minimum absolute atomic E-state index is 0.843. The van der Waals surface area contributed by atoms with E-state index in [-0.39, 0.29) is 0 Å². The summed E-state index contributed by atoms with van der Waals surface area (Å²) in [5, 5.41) is 0. The fraction of sp³-hybridized carbons (Fsp3) is 0.556. The molecule has 0 N–H and O–H groups in total. The van der Waals surface area contributed by atoms with Gasteiger partial charge in [0, 0.05) is 0 Å². The molecule has 0 spiro atoms. The normalized spacial score (nSPS) is 19.4. The predicted molar refractivity (Wildman–Crippen MR) is 79.0 cm³/mol. The molecule has 2 aliphatic rings. The molecule has 0 aliphatic heterocycles. The van der Waals surface area contributed by atoms with Gasteiger partial charge in [-0.25, -0.2) is 0 Å². The van der Waals surface area contributed by atoms with E-state index in [1.807, 2.05) is 0 Å². The van der Waals surface area contributed by atoms with Crippen LogP contribution in [0, 0.1) is 13.8 Å². The Morgan fingerprint density at radius 2 is 1.67 bits per heavy atom. The lowest BCUT2D eigenvalue weighted by atomic mass is 9.74. The SMILES string of the molecule is CC(=C1CCC1)c1cc(C)c(C)cc1C1CCC1. The highest BCUT2D eigenvalue weighted by Gasteiger charge is 2.24.